The van der Waals surface area contributed by atoms with Gasteiger partial charge in [-0.25, -0.2) is 0 Å². The number of halogens is 1. The van der Waals surface area contributed by atoms with Crippen LogP contribution in [0.15, 0.2) is 42.5 Å². The Balaban J connectivity index is 0.00000243. The third kappa shape index (κ3) is 5.05. The lowest BCUT2D eigenvalue weighted by atomic mass is 10.1. The topological polar surface area (TPSA) is 73.6 Å². The Kier molecular flexibility index (Phi) is 7.16. The van der Waals surface area contributed by atoms with Crippen LogP contribution in [-0.2, 0) is 6.54 Å². The van der Waals surface area contributed by atoms with E-state index < -0.39 is 0 Å². The quantitative estimate of drug-likeness (QED) is 0.748. The Morgan fingerprint density at radius 1 is 1.19 bits per heavy atom. The molecule has 5 nitrogen and oxygen atoms in total. The van der Waals surface area contributed by atoms with Gasteiger partial charge in [-0.1, -0.05) is 6.07 Å². The Morgan fingerprint density at radius 2 is 1.96 bits per heavy atom. The number of hydrogen-bond acceptors (Lipinski definition) is 4. The van der Waals surface area contributed by atoms with Gasteiger partial charge >= 0.3 is 0 Å². The molecule has 1 aliphatic carbocycles. The number of nitrogens with one attached hydrogen (secondary N) is 1. The van der Waals surface area contributed by atoms with Crippen LogP contribution < -0.4 is 20.5 Å². The first kappa shape index (κ1) is 19.9. The van der Waals surface area contributed by atoms with Crippen LogP contribution >= 0.6 is 12.4 Å². The molecule has 1 fully saturated rings. The Labute approximate surface area is 160 Å². The summed E-state index contributed by atoms with van der Waals surface area (Å²) in [5.74, 6) is 1.37. The van der Waals surface area contributed by atoms with Crippen molar-refractivity contribution in [2.45, 2.75) is 38.3 Å². The number of ether oxygens (including phenoxy) is 2. The summed E-state index contributed by atoms with van der Waals surface area (Å²) >= 11 is 0. The maximum atomic E-state index is 12.3. The van der Waals surface area contributed by atoms with Crippen LogP contribution in [0.1, 0.15) is 41.6 Å². The number of rotatable bonds is 6. The highest BCUT2D eigenvalue weighted by atomic mass is 35.5. The fourth-order valence-electron chi connectivity index (χ4n) is 3.06. The minimum absolute atomic E-state index is 0. The molecule has 1 aliphatic rings. The molecule has 1 saturated carbocycles. The molecule has 3 N–H and O–H groups in total. The van der Waals surface area contributed by atoms with Crippen LogP contribution in [0.2, 0.25) is 0 Å². The van der Waals surface area contributed by atoms with Gasteiger partial charge in [0.1, 0.15) is 11.5 Å². The highest BCUT2D eigenvalue weighted by Crippen LogP contribution is 2.30. The number of methoxy groups -OCH3 is 1. The van der Waals surface area contributed by atoms with Gasteiger partial charge < -0.3 is 20.5 Å². The highest BCUT2D eigenvalue weighted by molar-refractivity contribution is 5.94. The number of nitrogens with two attached hydrogens (primary N) is 1. The first-order valence-corrected chi connectivity index (χ1v) is 8.63. The van der Waals surface area contributed by atoms with Gasteiger partial charge in [-0.3, -0.25) is 4.79 Å². The summed E-state index contributed by atoms with van der Waals surface area (Å²) in [5.41, 5.74) is 7.79. The molecule has 0 spiro atoms. The molecule has 0 bridgehead atoms. The summed E-state index contributed by atoms with van der Waals surface area (Å²) in [6.45, 7) is 0.389. The third-order valence-corrected chi connectivity index (χ3v) is 4.46. The van der Waals surface area contributed by atoms with Gasteiger partial charge in [-0.15, -0.1) is 12.4 Å². The molecule has 3 rings (SSSR count). The van der Waals surface area contributed by atoms with Gasteiger partial charge in [0.15, 0.2) is 0 Å². The van der Waals surface area contributed by atoms with Crippen molar-refractivity contribution in [3.63, 3.8) is 0 Å². The smallest absolute Gasteiger partial charge is 0.251 e. The molecule has 0 unspecified atom stereocenters. The van der Waals surface area contributed by atoms with Crippen molar-refractivity contribution in [3.8, 4) is 11.5 Å². The molecular weight excluding hydrogens is 352 g/mol. The van der Waals surface area contributed by atoms with E-state index in [-0.39, 0.29) is 24.4 Å². The predicted octanol–water partition coefficient (Wildman–Crippen LogP) is 3.95. The Morgan fingerprint density at radius 3 is 2.65 bits per heavy atom. The van der Waals surface area contributed by atoms with Gasteiger partial charge in [-0.2, -0.15) is 0 Å². The fourth-order valence-corrected chi connectivity index (χ4v) is 3.06. The van der Waals surface area contributed by atoms with Crippen molar-refractivity contribution in [2.75, 3.05) is 12.8 Å². The zero-order valence-electron chi connectivity index (χ0n) is 14.9. The molecule has 140 valence electrons. The standard InChI is InChI=1S/C20H24N2O3.ClH/c1-24-18-10-9-15(19(12-18)25-17-7-2-3-8-17)13-22-20(23)14-5-4-6-16(21)11-14;/h4-6,9-12,17H,2-3,7-8,13,21H2,1H3,(H,22,23);1H. The molecule has 0 saturated heterocycles. The van der Waals surface area contributed by atoms with Crippen LogP contribution in [-0.4, -0.2) is 19.1 Å². The van der Waals surface area contributed by atoms with E-state index in [4.69, 9.17) is 15.2 Å². The van der Waals surface area contributed by atoms with Gasteiger partial charge in [0.25, 0.3) is 5.91 Å². The molecule has 0 heterocycles. The molecule has 6 heteroatoms. The van der Waals surface area contributed by atoms with E-state index in [0.717, 1.165) is 29.9 Å². The van der Waals surface area contributed by atoms with Gasteiger partial charge in [0, 0.05) is 29.4 Å². The van der Waals surface area contributed by atoms with E-state index in [0.29, 0.717) is 17.8 Å². The number of carbonyl (C=O) groups is 1. The Bertz CT molecular complexity index is 746. The molecule has 1 amide bonds. The molecule has 0 atom stereocenters. The lowest BCUT2D eigenvalue weighted by molar-refractivity contribution is 0.0950. The van der Waals surface area contributed by atoms with Crippen LogP contribution in [0.4, 0.5) is 5.69 Å². The van der Waals surface area contributed by atoms with Gasteiger partial charge in [0.05, 0.1) is 13.2 Å². The van der Waals surface area contributed by atoms with Crippen molar-refractivity contribution in [2.24, 2.45) is 0 Å². The second-order valence-electron chi connectivity index (χ2n) is 6.31. The second-order valence-corrected chi connectivity index (χ2v) is 6.31. The predicted molar refractivity (Wildman–Crippen MR) is 105 cm³/mol. The van der Waals surface area contributed by atoms with Crippen LogP contribution in [0.25, 0.3) is 0 Å². The normalized spacial score (nSPS) is 13.7. The molecule has 2 aromatic carbocycles. The number of amides is 1. The minimum Gasteiger partial charge on any atom is -0.497 e. The number of carbonyl (C=O) groups excluding carboxylic acids is 1. The largest absolute Gasteiger partial charge is 0.497 e. The third-order valence-electron chi connectivity index (χ3n) is 4.46. The van der Waals surface area contributed by atoms with Gasteiger partial charge in [0.2, 0.25) is 0 Å². The molecule has 0 aromatic heterocycles. The minimum atomic E-state index is -0.157. The summed E-state index contributed by atoms with van der Waals surface area (Å²) < 4.78 is 11.5. The summed E-state index contributed by atoms with van der Waals surface area (Å²) in [6, 6.07) is 12.6. The fraction of sp³-hybridized carbons (Fsp3) is 0.350. The first-order valence-electron chi connectivity index (χ1n) is 8.63. The lowest BCUT2D eigenvalue weighted by Crippen LogP contribution is -2.23. The molecule has 26 heavy (non-hydrogen) atoms. The number of hydrogen-bond donors (Lipinski definition) is 2. The average molecular weight is 377 g/mol. The van der Waals surface area contributed by atoms with E-state index in [2.05, 4.69) is 5.32 Å². The van der Waals surface area contributed by atoms with E-state index in [1.165, 1.54) is 12.8 Å². The van der Waals surface area contributed by atoms with Crippen molar-refractivity contribution < 1.29 is 14.3 Å². The van der Waals surface area contributed by atoms with E-state index >= 15 is 0 Å². The lowest BCUT2D eigenvalue weighted by Gasteiger charge is -2.18. The number of benzene rings is 2. The SMILES string of the molecule is COc1ccc(CNC(=O)c2cccc(N)c2)c(OC2CCCC2)c1.Cl. The van der Waals surface area contributed by atoms with Crippen LogP contribution in [0.5, 0.6) is 11.5 Å². The molecular formula is C20H25ClN2O3. The van der Waals surface area contributed by atoms with E-state index in [1.54, 1.807) is 31.4 Å². The molecule has 0 radical (unpaired) electrons. The van der Waals surface area contributed by atoms with Crippen molar-refractivity contribution >= 4 is 24.0 Å². The zero-order chi connectivity index (χ0) is 17.6. The van der Waals surface area contributed by atoms with Crippen molar-refractivity contribution in [1.29, 1.82) is 0 Å². The van der Waals surface area contributed by atoms with E-state index in [9.17, 15) is 4.79 Å². The molecule has 2 aromatic rings. The highest BCUT2D eigenvalue weighted by Gasteiger charge is 2.18. The monoisotopic (exact) mass is 376 g/mol. The van der Waals surface area contributed by atoms with Crippen molar-refractivity contribution in [3.05, 3.63) is 53.6 Å². The Hall–Kier alpha value is -2.40. The second kappa shape index (κ2) is 9.34. The number of nitrogen functional groups attached to an aromatic ring is 1. The number of anilines is 1. The molecule has 0 aliphatic heterocycles. The first-order chi connectivity index (χ1) is 12.2. The summed E-state index contributed by atoms with van der Waals surface area (Å²) in [7, 11) is 1.63. The maximum Gasteiger partial charge on any atom is 0.251 e. The van der Waals surface area contributed by atoms with Gasteiger partial charge in [-0.05, 0) is 56.0 Å². The van der Waals surface area contributed by atoms with Crippen LogP contribution in [0.3, 0.4) is 0 Å². The average Bonchev–Trinajstić information content (AvgIpc) is 3.13. The maximum absolute atomic E-state index is 12.3. The summed E-state index contributed by atoms with van der Waals surface area (Å²) in [6.07, 6.45) is 4.81. The zero-order valence-corrected chi connectivity index (χ0v) is 15.7. The van der Waals surface area contributed by atoms with Crippen molar-refractivity contribution in [1.82, 2.24) is 5.32 Å². The van der Waals surface area contributed by atoms with E-state index in [1.807, 2.05) is 18.2 Å². The summed E-state index contributed by atoms with van der Waals surface area (Å²) in [5, 5.41) is 2.93. The summed E-state index contributed by atoms with van der Waals surface area (Å²) in [4.78, 5) is 12.3. The van der Waals surface area contributed by atoms with Crippen LogP contribution in [0, 0.1) is 0 Å².